The summed E-state index contributed by atoms with van der Waals surface area (Å²) in [4.78, 5) is 27.3. The molecular weight excluding hydrogens is 495 g/mol. The first kappa shape index (κ1) is 25.2. The topological polar surface area (TPSA) is 70.4 Å². The van der Waals surface area contributed by atoms with Gasteiger partial charge in [0, 0.05) is 21.2 Å². The van der Waals surface area contributed by atoms with Crippen molar-refractivity contribution in [2.75, 3.05) is 0 Å². The molecular formula is C29H22Cl2N2O3. The van der Waals surface area contributed by atoms with Crippen molar-refractivity contribution < 1.29 is 14.3 Å². The number of carbonyl (C=O) groups is 2. The minimum Gasteiger partial charge on any atom is -0.489 e. The molecule has 7 heteroatoms. The maximum atomic E-state index is 13.3. The van der Waals surface area contributed by atoms with E-state index in [4.69, 9.17) is 27.9 Å². The van der Waals surface area contributed by atoms with Crippen LogP contribution in [0.3, 0.4) is 0 Å². The molecule has 180 valence electrons. The van der Waals surface area contributed by atoms with Gasteiger partial charge in [0.1, 0.15) is 24.0 Å². The van der Waals surface area contributed by atoms with Gasteiger partial charge in [-0.25, -0.2) is 0 Å². The minimum absolute atomic E-state index is 0.0345. The SMILES string of the molecule is CC1=C(C#N)C(=O)N(Cc2ccc(C)cc2)C(=O)/C1=C/c1ccc(OCc2ccc(Cl)cc2Cl)cc1. The molecule has 3 aromatic carbocycles. The number of nitrogens with zero attached hydrogens (tertiary/aromatic N) is 2. The highest BCUT2D eigenvalue weighted by molar-refractivity contribution is 6.35. The highest BCUT2D eigenvalue weighted by atomic mass is 35.5. The molecule has 3 aromatic rings. The van der Waals surface area contributed by atoms with Crippen LogP contribution in [0.5, 0.6) is 5.75 Å². The van der Waals surface area contributed by atoms with Crippen LogP contribution in [0.2, 0.25) is 10.0 Å². The number of carbonyl (C=O) groups excluding carboxylic acids is 2. The number of ether oxygens (including phenoxy) is 1. The van der Waals surface area contributed by atoms with Crippen molar-refractivity contribution in [2.45, 2.75) is 27.0 Å². The number of imide groups is 1. The van der Waals surface area contributed by atoms with Crippen LogP contribution in [0.1, 0.15) is 29.2 Å². The van der Waals surface area contributed by atoms with Gasteiger partial charge in [0.25, 0.3) is 11.8 Å². The summed E-state index contributed by atoms with van der Waals surface area (Å²) < 4.78 is 5.82. The summed E-state index contributed by atoms with van der Waals surface area (Å²) in [5, 5.41) is 10.7. The summed E-state index contributed by atoms with van der Waals surface area (Å²) >= 11 is 12.1. The lowest BCUT2D eigenvalue weighted by atomic mass is 9.93. The lowest BCUT2D eigenvalue weighted by Crippen LogP contribution is -2.42. The molecule has 1 heterocycles. The van der Waals surface area contributed by atoms with E-state index >= 15 is 0 Å². The van der Waals surface area contributed by atoms with Crippen molar-refractivity contribution in [1.82, 2.24) is 4.90 Å². The lowest BCUT2D eigenvalue weighted by Gasteiger charge is -2.27. The summed E-state index contributed by atoms with van der Waals surface area (Å²) in [6.07, 6.45) is 1.68. The van der Waals surface area contributed by atoms with Gasteiger partial charge in [0.2, 0.25) is 0 Å². The van der Waals surface area contributed by atoms with E-state index in [0.717, 1.165) is 27.2 Å². The summed E-state index contributed by atoms with van der Waals surface area (Å²) in [6.45, 7) is 3.95. The van der Waals surface area contributed by atoms with Crippen molar-refractivity contribution in [3.63, 3.8) is 0 Å². The highest BCUT2D eigenvalue weighted by Gasteiger charge is 2.35. The van der Waals surface area contributed by atoms with Gasteiger partial charge in [-0.15, -0.1) is 0 Å². The van der Waals surface area contributed by atoms with Gasteiger partial charge in [-0.1, -0.05) is 71.2 Å². The molecule has 1 aliphatic rings. The second-order valence-corrected chi connectivity index (χ2v) is 9.29. The Kier molecular flexibility index (Phi) is 7.59. The molecule has 0 atom stereocenters. The average Bonchev–Trinajstić information content (AvgIpc) is 2.86. The van der Waals surface area contributed by atoms with Crippen molar-refractivity contribution in [2.24, 2.45) is 0 Å². The van der Waals surface area contributed by atoms with E-state index in [-0.39, 0.29) is 18.7 Å². The Bertz CT molecular complexity index is 1430. The van der Waals surface area contributed by atoms with Gasteiger partial charge in [0.05, 0.1) is 6.54 Å². The molecule has 0 radical (unpaired) electrons. The Hall–Kier alpha value is -3.85. The fourth-order valence-corrected chi connectivity index (χ4v) is 4.24. The quantitative estimate of drug-likeness (QED) is 0.270. The van der Waals surface area contributed by atoms with Gasteiger partial charge >= 0.3 is 0 Å². The fourth-order valence-electron chi connectivity index (χ4n) is 3.78. The number of halogens is 2. The van der Waals surface area contributed by atoms with Crippen LogP contribution < -0.4 is 4.74 Å². The second-order valence-electron chi connectivity index (χ2n) is 8.45. The van der Waals surface area contributed by atoms with Crippen LogP contribution in [-0.4, -0.2) is 16.7 Å². The Labute approximate surface area is 219 Å². The summed E-state index contributed by atoms with van der Waals surface area (Å²) in [7, 11) is 0. The molecule has 0 saturated carbocycles. The standard InChI is InChI=1S/C29H22Cl2N2O3/c1-18-3-5-21(6-4-18)16-33-28(34)25(19(2)26(15-32)29(33)35)13-20-7-11-24(12-8-20)36-17-22-9-10-23(30)14-27(22)31/h3-14H,16-17H2,1-2H3/b25-13+. The van der Waals surface area contributed by atoms with Crippen molar-refractivity contribution in [3.05, 3.63) is 116 Å². The van der Waals surface area contributed by atoms with Gasteiger partial charge < -0.3 is 4.74 Å². The number of nitriles is 1. The molecule has 1 aliphatic heterocycles. The molecule has 0 aliphatic carbocycles. The van der Waals surface area contributed by atoms with Gasteiger partial charge in [-0.2, -0.15) is 5.26 Å². The van der Waals surface area contributed by atoms with E-state index in [1.165, 1.54) is 0 Å². The molecule has 4 rings (SSSR count). The molecule has 0 unspecified atom stereocenters. The molecule has 0 N–H and O–H groups in total. The monoisotopic (exact) mass is 516 g/mol. The molecule has 0 saturated heterocycles. The largest absolute Gasteiger partial charge is 0.489 e. The second kappa shape index (κ2) is 10.8. The summed E-state index contributed by atoms with van der Waals surface area (Å²) in [6, 6.07) is 21.9. The predicted octanol–water partition coefficient (Wildman–Crippen LogP) is 6.67. The van der Waals surface area contributed by atoms with E-state index in [2.05, 4.69) is 0 Å². The smallest absolute Gasteiger partial charge is 0.271 e. The van der Waals surface area contributed by atoms with E-state index in [1.807, 2.05) is 43.3 Å². The number of hydrogen-bond acceptors (Lipinski definition) is 4. The zero-order valence-electron chi connectivity index (χ0n) is 19.7. The molecule has 0 spiro atoms. The number of aryl methyl sites for hydroxylation is 1. The molecule has 0 bridgehead atoms. The molecule has 0 aromatic heterocycles. The van der Waals surface area contributed by atoms with Crippen LogP contribution in [0.4, 0.5) is 0 Å². The molecule has 0 fully saturated rings. The van der Waals surface area contributed by atoms with Crippen molar-refractivity contribution in [3.8, 4) is 11.8 Å². The third-order valence-corrected chi connectivity index (χ3v) is 6.47. The predicted molar refractivity (Wildman–Crippen MR) is 140 cm³/mol. The zero-order valence-corrected chi connectivity index (χ0v) is 21.2. The minimum atomic E-state index is -0.581. The van der Waals surface area contributed by atoms with Crippen LogP contribution in [0.15, 0.2) is 83.4 Å². The Morgan fingerprint density at radius 1 is 0.944 bits per heavy atom. The van der Waals surface area contributed by atoms with Gasteiger partial charge in [-0.3, -0.25) is 14.5 Å². The number of hydrogen-bond donors (Lipinski definition) is 0. The van der Waals surface area contributed by atoms with Crippen LogP contribution in [-0.2, 0) is 22.7 Å². The third kappa shape index (κ3) is 5.52. The highest BCUT2D eigenvalue weighted by Crippen LogP contribution is 2.29. The van der Waals surface area contributed by atoms with Crippen molar-refractivity contribution >= 4 is 41.1 Å². The first-order valence-electron chi connectivity index (χ1n) is 11.2. The maximum Gasteiger partial charge on any atom is 0.271 e. The van der Waals surface area contributed by atoms with E-state index in [9.17, 15) is 14.9 Å². The maximum absolute atomic E-state index is 13.3. The van der Waals surface area contributed by atoms with Gasteiger partial charge in [0.15, 0.2) is 0 Å². The Morgan fingerprint density at radius 3 is 2.28 bits per heavy atom. The zero-order chi connectivity index (χ0) is 25.8. The van der Waals surface area contributed by atoms with E-state index < -0.39 is 11.8 Å². The molecule has 5 nitrogen and oxygen atoms in total. The summed E-state index contributed by atoms with van der Waals surface area (Å²) in [5.41, 5.74) is 4.06. The first-order chi connectivity index (χ1) is 17.3. The Balaban J connectivity index is 1.56. The first-order valence-corrected chi connectivity index (χ1v) is 11.9. The van der Waals surface area contributed by atoms with Crippen molar-refractivity contribution in [1.29, 1.82) is 5.26 Å². The lowest BCUT2D eigenvalue weighted by molar-refractivity contribution is -0.141. The molecule has 2 amide bonds. The number of rotatable bonds is 6. The van der Waals surface area contributed by atoms with Crippen LogP contribution in [0, 0.1) is 18.3 Å². The van der Waals surface area contributed by atoms with Crippen LogP contribution >= 0.6 is 23.2 Å². The fraction of sp³-hybridized carbons (Fsp3) is 0.138. The van der Waals surface area contributed by atoms with E-state index in [0.29, 0.717) is 26.9 Å². The summed E-state index contributed by atoms with van der Waals surface area (Å²) in [5.74, 6) is -0.392. The normalized spacial score (nSPS) is 14.9. The van der Waals surface area contributed by atoms with E-state index in [1.54, 1.807) is 49.4 Å². The van der Waals surface area contributed by atoms with Gasteiger partial charge in [-0.05, 0) is 60.9 Å². The number of amides is 2. The number of benzene rings is 3. The Morgan fingerprint density at radius 2 is 1.64 bits per heavy atom. The third-order valence-electron chi connectivity index (χ3n) is 5.89. The molecule has 36 heavy (non-hydrogen) atoms. The average molecular weight is 517 g/mol. The van der Waals surface area contributed by atoms with Crippen LogP contribution in [0.25, 0.3) is 6.08 Å².